The molecule has 1 N–H and O–H groups in total. The lowest BCUT2D eigenvalue weighted by Gasteiger charge is -2.44. The maximum atomic E-state index is 3.60. The van der Waals surface area contributed by atoms with Crippen molar-refractivity contribution in [3.8, 4) is 0 Å². The smallest absolute Gasteiger partial charge is 0.00120 e. The van der Waals surface area contributed by atoms with Crippen molar-refractivity contribution in [1.29, 1.82) is 0 Å². The van der Waals surface area contributed by atoms with E-state index in [1.807, 2.05) is 0 Å². The summed E-state index contributed by atoms with van der Waals surface area (Å²) in [7, 11) is 0. The first-order valence-corrected chi connectivity index (χ1v) is 7.55. The molecule has 100 valence electrons. The molecule has 1 heterocycles. The zero-order valence-electron chi connectivity index (χ0n) is 11.9. The number of hydrogen-bond donors (Lipinski definition) is 1. The molecule has 1 aromatic carbocycles. The molecule has 0 bridgehead atoms. The fourth-order valence-electron chi connectivity index (χ4n) is 3.69. The summed E-state index contributed by atoms with van der Waals surface area (Å²) in [4.78, 5) is 0. The van der Waals surface area contributed by atoms with Crippen molar-refractivity contribution in [2.45, 2.75) is 46.0 Å². The van der Waals surface area contributed by atoms with Crippen LogP contribution in [0.4, 0.5) is 0 Å². The van der Waals surface area contributed by atoms with E-state index in [1.165, 1.54) is 50.8 Å². The summed E-state index contributed by atoms with van der Waals surface area (Å²) < 4.78 is 0. The summed E-state index contributed by atoms with van der Waals surface area (Å²) >= 11 is 0. The summed E-state index contributed by atoms with van der Waals surface area (Å²) in [6, 6.07) is 11.0. The molecule has 1 nitrogen and oxygen atoms in total. The van der Waals surface area contributed by atoms with Gasteiger partial charge in [0.15, 0.2) is 0 Å². The molecule has 2 unspecified atom stereocenters. The Bertz CT molecular complexity index is 342. The van der Waals surface area contributed by atoms with Gasteiger partial charge in [-0.2, -0.15) is 0 Å². The second-order valence-corrected chi connectivity index (χ2v) is 5.81. The van der Waals surface area contributed by atoms with E-state index in [2.05, 4.69) is 49.5 Å². The van der Waals surface area contributed by atoms with Crippen molar-refractivity contribution in [3.05, 3.63) is 35.9 Å². The van der Waals surface area contributed by atoms with Crippen LogP contribution in [0.5, 0.6) is 0 Å². The fourth-order valence-corrected chi connectivity index (χ4v) is 3.69. The minimum Gasteiger partial charge on any atom is -0.316 e. The van der Waals surface area contributed by atoms with E-state index in [9.17, 15) is 0 Å². The van der Waals surface area contributed by atoms with Gasteiger partial charge in [-0.3, -0.25) is 0 Å². The van der Waals surface area contributed by atoms with Crippen molar-refractivity contribution >= 4 is 0 Å². The maximum Gasteiger partial charge on any atom is -0.00120 e. The molecule has 2 rings (SSSR count). The van der Waals surface area contributed by atoms with Crippen LogP contribution in [-0.2, 0) is 6.42 Å². The van der Waals surface area contributed by atoms with Crippen LogP contribution in [-0.4, -0.2) is 13.1 Å². The number of hydrogen-bond acceptors (Lipinski definition) is 1. The summed E-state index contributed by atoms with van der Waals surface area (Å²) in [6.45, 7) is 7.12. The zero-order chi connectivity index (χ0) is 12.8. The predicted octanol–water partition coefficient (Wildman–Crippen LogP) is 4.04. The topological polar surface area (TPSA) is 12.0 Å². The van der Waals surface area contributed by atoms with Gasteiger partial charge in [-0.1, -0.05) is 57.0 Å². The third-order valence-corrected chi connectivity index (χ3v) is 4.83. The summed E-state index contributed by atoms with van der Waals surface area (Å²) in [6.07, 6.45) is 6.64. The predicted molar refractivity (Wildman–Crippen MR) is 78.8 cm³/mol. The van der Waals surface area contributed by atoms with Crippen molar-refractivity contribution in [1.82, 2.24) is 5.32 Å². The highest BCUT2D eigenvalue weighted by Crippen LogP contribution is 2.43. The lowest BCUT2D eigenvalue weighted by atomic mass is 9.64. The summed E-state index contributed by atoms with van der Waals surface area (Å²) in [5.74, 6) is 0.804. The van der Waals surface area contributed by atoms with Crippen LogP contribution < -0.4 is 5.32 Å². The molecule has 0 spiro atoms. The fraction of sp³-hybridized carbons (Fsp3) is 0.647. The third kappa shape index (κ3) is 2.95. The van der Waals surface area contributed by atoms with Gasteiger partial charge in [0, 0.05) is 0 Å². The van der Waals surface area contributed by atoms with E-state index in [-0.39, 0.29) is 0 Å². The summed E-state index contributed by atoms with van der Waals surface area (Å²) in [5.41, 5.74) is 2.08. The molecule has 0 radical (unpaired) electrons. The molecule has 2 atom stereocenters. The Morgan fingerprint density at radius 2 is 2.00 bits per heavy atom. The van der Waals surface area contributed by atoms with Crippen molar-refractivity contribution in [2.24, 2.45) is 11.3 Å². The average Bonchev–Trinajstić information content (AvgIpc) is 2.42. The highest BCUT2D eigenvalue weighted by molar-refractivity contribution is 5.16. The Hall–Kier alpha value is -0.820. The Labute approximate surface area is 112 Å². The SMILES string of the molecule is CCCC1(CC)CCNCC1Cc1ccccc1. The standard InChI is InChI=1S/C17H27N/c1-3-10-17(4-2)11-12-18-14-16(17)13-15-8-6-5-7-9-15/h5-9,16,18H,3-4,10-14H2,1-2H3. The zero-order valence-corrected chi connectivity index (χ0v) is 11.9. The van der Waals surface area contributed by atoms with Crippen LogP contribution in [0.1, 0.15) is 45.1 Å². The van der Waals surface area contributed by atoms with E-state index in [4.69, 9.17) is 0 Å². The van der Waals surface area contributed by atoms with Crippen LogP contribution in [0.2, 0.25) is 0 Å². The first-order chi connectivity index (χ1) is 8.80. The van der Waals surface area contributed by atoms with Crippen LogP contribution in [0.3, 0.4) is 0 Å². The molecule has 0 aromatic heterocycles. The third-order valence-electron chi connectivity index (χ3n) is 4.83. The number of nitrogens with one attached hydrogen (secondary N) is 1. The molecule has 1 aromatic rings. The van der Waals surface area contributed by atoms with Gasteiger partial charge in [0.1, 0.15) is 0 Å². The van der Waals surface area contributed by atoms with E-state index in [0.717, 1.165) is 5.92 Å². The van der Waals surface area contributed by atoms with Gasteiger partial charge >= 0.3 is 0 Å². The maximum absolute atomic E-state index is 3.60. The minimum absolute atomic E-state index is 0.579. The summed E-state index contributed by atoms with van der Waals surface area (Å²) in [5, 5.41) is 3.60. The number of benzene rings is 1. The lowest BCUT2D eigenvalue weighted by Crippen LogP contribution is -2.45. The van der Waals surface area contributed by atoms with E-state index >= 15 is 0 Å². The van der Waals surface area contributed by atoms with Gasteiger partial charge in [0.2, 0.25) is 0 Å². The molecular weight excluding hydrogens is 218 g/mol. The molecule has 1 fully saturated rings. The van der Waals surface area contributed by atoms with Gasteiger partial charge in [-0.25, -0.2) is 0 Å². The number of piperidine rings is 1. The molecule has 1 heteroatoms. The van der Waals surface area contributed by atoms with Crippen LogP contribution >= 0.6 is 0 Å². The Balaban J connectivity index is 2.12. The van der Waals surface area contributed by atoms with E-state index in [1.54, 1.807) is 0 Å². The molecule has 18 heavy (non-hydrogen) atoms. The first-order valence-electron chi connectivity index (χ1n) is 7.55. The molecule has 1 saturated heterocycles. The highest BCUT2D eigenvalue weighted by atomic mass is 14.9. The molecule has 1 aliphatic rings. The Kier molecular flexibility index (Phi) is 4.82. The molecule has 0 amide bonds. The highest BCUT2D eigenvalue weighted by Gasteiger charge is 2.38. The van der Waals surface area contributed by atoms with E-state index < -0.39 is 0 Å². The van der Waals surface area contributed by atoms with Crippen molar-refractivity contribution in [3.63, 3.8) is 0 Å². The van der Waals surface area contributed by atoms with Gasteiger partial charge in [-0.05, 0) is 49.2 Å². The minimum atomic E-state index is 0.579. The van der Waals surface area contributed by atoms with Crippen LogP contribution in [0.15, 0.2) is 30.3 Å². The van der Waals surface area contributed by atoms with Gasteiger partial charge in [0.25, 0.3) is 0 Å². The monoisotopic (exact) mass is 245 g/mol. The van der Waals surface area contributed by atoms with Gasteiger partial charge in [-0.15, -0.1) is 0 Å². The lowest BCUT2D eigenvalue weighted by molar-refractivity contribution is 0.0884. The number of rotatable bonds is 5. The van der Waals surface area contributed by atoms with E-state index in [0.29, 0.717) is 5.41 Å². The quantitative estimate of drug-likeness (QED) is 0.825. The van der Waals surface area contributed by atoms with Crippen molar-refractivity contribution in [2.75, 3.05) is 13.1 Å². The van der Waals surface area contributed by atoms with Gasteiger partial charge < -0.3 is 5.32 Å². The molecule has 1 aliphatic heterocycles. The molecular formula is C17H27N. The Morgan fingerprint density at radius 3 is 2.67 bits per heavy atom. The first kappa shape index (κ1) is 13.6. The Morgan fingerprint density at radius 1 is 1.22 bits per heavy atom. The molecule has 0 saturated carbocycles. The second kappa shape index (κ2) is 6.38. The van der Waals surface area contributed by atoms with Gasteiger partial charge in [0.05, 0.1) is 0 Å². The largest absolute Gasteiger partial charge is 0.316 e. The van der Waals surface area contributed by atoms with Crippen molar-refractivity contribution < 1.29 is 0 Å². The second-order valence-electron chi connectivity index (χ2n) is 5.81. The average molecular weight is 245 g/mol. The van der Waals surface area contributed by atoms with Crippen LogP contribution in [0.25, 0.3) is 0 Å². The molecule has 0 aliphatic carbocycles. The van der Waals surface area contributed by atoms with Crippen LogP contribution in [0, 0.1) is 11.3 Å². The normalized spacial score (nSPS) is 28.2.